The predicted octanol–water partition coefficient (Wildman–Crippen LogP) is 13.5. The number of carboxylic acids is 3. The van der Waals surface area contributed by atoms with Gasteiger partial charge in [0, 0.05) is 6.07 Å². The molecule has 0 amide bonds. The molecular formula is C68H65F2N3O13S3. The number of rotatable bonds is 25. The summed E-state index contributed by atoms with van der Waals surface area (Å²) in [6, 6.07) is 57.1. The molecule has 0 fully saturated rings. The van der Waals surface area contributed by atoms with Gasteiger partial charge >= 0.3 is 17.9 Å². The van der Waals surface area contributed by atoms with E-state index in [1.54, 1.807) is 127 Å². The molecule has 9 rings (SSSR count). The quantitative estimate of drug-likeness (QED) is 0.0311. The molecule has 89 heavy (non-hydrogen) atoms. The summed E-state index contributed by atoms with van der Waals surface area (Å²) in [5.41, 5.74) is 8.28. The summed E-state index contributed by atoms with van der Waals surface area (Å²) in [6.45, 7) is 2.13. The summed E-state index contributed by atoms with van der Waals surface area (Å²) >= 11 is 0. The molecule has 6 N–H and O–H groups in total. The van der Waals surface area contributed by atoms with E-state index in [2.05, 4.69) is 21.1 Å². The summed E-state index contributed by atoms with van der Waals surface area (Å²) in [7, 11) is -10.4. The number of ether oxygens (including phenoxy) is 1. The molecule has 0 saturated carbocycles. The number of unbranched alkanes of at least 4 members (excludes halogenated alkanes) is 1. The minimum atomic E-state index is -4.46. The van der Waals surface area contributed by atoms with Crippen LogP contribution in [0.25, 0.3) is 0 Å². The van der Waals surface area contributed by atoms with Gasteiger partial charge in [0.15, 0.2) is 4.90 Å². The molecule has 0 heterocycles. The fourth-order valence-corrected chi connectivity index (χ4v) is 12.6. The lowest BCUT2D eigenvalue weighted by Gasteiger charge is -2.13. The van der Waals surface area contributed by atoms with Crippen molar-refractivity contribution in [2.45, 2.75) is 79.4 Å². The Morgan fingerprint density at radius 2 is 0.730 bits per heavy atom. The van der Waals surface area contributed by atoms with Crippen molar-refractivity contribution in [3.8, 4) is 5.75 Å². The maximum absolute atomic E-state index is 13.9. The van der Waals surface area contributed by atoms with Crippen LogP contribution >= 0.6 is 0 Å². The summed E-state index contributed by atoms with van der Waals surface area (Å²) < 4.78 is 117. The number of halogens is 2. The van der Waals surface area contributed by atoms with Crippen LogP contribution in [-0.4, -0.2) is 65.6 Å². The second-order valence-corrected chi connectivity index (χ2v) is 25.3. The number of hydrogen-bond acceptors (Lipinski definition) is 10. The van der Waals surface area contributed by atoms with Crippen molar-refractivity contribution in [1.82, 2.24) is 0 Å². The number of hydrogen-bond donors (Lipinski definition) is 6. The molecule has 0 bridgehead atoms. The lowest BCUT2D eigenvalue weighted by atomic mass is 10.0. The van der Waals surface area contributed by atoms with Crippen molar-refractivity contribution >= 4 is 65.0 Å². The number of anilines is 3. The van der Waals surface area contributed by atoms with Crippen LogP contribution < -0.4 is 18.9 Å². The number of methoxy groups -OCH3 is 1. The number of carboxylic acid groups (broad SMARTS) is 3. The average Bonchev–Trinajstić information content (AvgIpc) is 1.22. The summed E-state index contributed by atoms with van der Waals surface area (Å²) in [4.78, 5) is 32.2. The predicted molar refractivity (Wildman–Crippen MR) is 339 cm³/mol. The van der Waals surface area contributed by atoms with E-state index < -0.39 is 64.5 Å². The van der Waals surface area contributed by atoms with E-state index in [1.807, 2.05) is 36.4 Å². The molecule has 0 atom stereocenters. The van der Waals surface area contributed by atoms with Crippen molar-refractivity contribution in [2.24, 2.45) is 0 Å². The monoisotopic (exact) mass is 1270 g/mol. The molecule has 9 aromatic carbocycles. The van der Waals surface area contributed by atoms with Gasteiger partial charge in [-0.2, -0.15) is 0 Å². The van der Waals surface area contributed by atoms with Crippen LogP contribution in [-0.2, 0) is 75.0 Å². The number of benzene rings is 9. The lowest BCUT2D eigenvalue weighted by Crippen LogP contribution is -2.17. The van der Waals surface area contributed by atoms with Crippen molar-refractivity contribution in [1.29, 1.82) is 0 Å². The van der Waals surface area contributed by atoms with Gasteiger partial charge in [0.2, 0.25) is 0 Å². The highest BCUT2D eigenvalue weighted by atomic mass is 32.2. The number of carbonyl (C=O) groups is 3. The van der Waals surface area contributed by atoms with Gasteiger partial charge in [0.05, 0.1) is 50.7 Å². The van der Waals surface area contributed by atoms with Gasteiger partial charge in [0.25, 0.3) is 30.1 Å². The van der Waals surface area contributed by atoms with Crippen LogP contribution in [0.2, 0.25) is 0 Å². The molecule has 0 radical (unpaired) electrons. The summed E-state index contributed by atoms with van der Waals surface area (Å²) in [5, 5.41) is 26.9. The fraction of sp³-hybridized carbons (Fsp3) is 0.162. The third kappa shape index (κ3) is 19.4. The Balaban J connectivity index is 0.000000190. The standard InChI is InChI=1S/C25H27NO4S.C22H21NO5S.C21H17F2NO4S/c1-2-3-6-19-12-17-23(18-13-19)31(29,30)26-24-8-5-4-7-21(24)14-9-20-10-15-22(16-11-20)25(27)28;1-28-19-6-4-7-20(15-19)29(26,27)23-21-8-3-2-5-17(21)12-9-16-10-13-18(14-11-16)22(24)25;22-17-5-3-6-18(23)20(17)29(27,28)24-19-7-2-1-4-15(19)11-8-14-9-12-16(13-10-14)21(25)26/h4-5,7-8,10-13,15-18,26H,2-3,6,9,14H2,1H3,(H,27,28);2-8,10-11,13-15,23H,9,12H2,1H3,(H,24,25);1-7,9-10,12-13,24H,8,11H2,(H,25,26). The van der Waals surface area contributed by atoms with Gasteiger partial charge < -0.3 is 20.1 Å². The van der Waals surface area contributed by atoms with E-state index >= 15 is 0 Å². The van der Waals surface area contributed by atoms with E-state index in [0.29, 0.717) is 61.2 Å². The highest BCUT2D eigenvalue weighted by Crippen LogP contribution is 2.28. The highest BCUT2D eigenvalue weighted by Gasteiger charge is 2.25. The van der Waals surface area contributed by atoms with Crippen molar-refractivity contribution in [3.63, 3.8) is 0 Å². The molecule has 21 heteroatoms. The molecule has 0 aliphatic carbocycles. The highest BCUT2D eigenvalue weighted by molar-refractivity contribution is 7.93. The molecule has 0 aromatic heterocycles. The van der Waals surface area contributed by atoms with Gasteiger partial charge in [-0.1, -0.05) is 129 Å². The second kappa shape index (κ2) is 31.3. The van der Waals surface area contributed by atoms with E-state index in [0.717, 1.165) is 70.8 Å². The number of para-hydroxylation sites is 3. The maximum atomic E-state index is 13.9. The SMILES string of the molecule is CCCCc1ccc(S(=O)(=O)Nc2ccccc2CCc2ccc(C(=O)O)cc2)cc1.COc1cccc(S(=O)(=O)Nc2ccccc2CCc2ccc(C(=O)O)cc2)c1.O=C(O)c1ccc(CCc2ccccc2NS(=O)(=O)c2c(F)cccc2F)cc1. The molecule has 0 saturated heterocycles. The fourth-order valence-electron chi connectivity index (χ4n) is 9.12. The molecule has 0 aliphatic heterocycles. The smallest absolute Gasteiger partial charge is 0.335 e. The molecule has 0 spiro atoms. The molecule has 9 aromatic rings. The van der Waals surface area contributed by atoms with Crippen LogP contribution in [0.1, 0.15) is 89.8 Å². The first-order valence-corrected chi connectivity index (χ1v) is 32.5. The minimum absolute atomic E-state index is 0.121. The largest absolute Gasteiger partial charge is 0.497 e. The first kappa shape index (κ1) is 66.8. The molecule has 16 nitrogen and oxygen atoms in total. The zero-order chi connectivity index (χ0) is 64.1. The van der Waals surface area contributed by atoms with Crippen molar-refractivity contribution < 1.29 is 68.5 Å². The molecule has 0 aliphatic rings. The topological polar surface area (TPSA) is 260 Å². The second-order valence-electron chi connectivity index (χ2n) is 20.3. The number of aromatic carboxylic acids is 3. The Hall–Kier alpha value is -9.70. The average molecular weight is 1270 g/mol. The Kier molecular flexibility index (Phi) is 23.5. The van der Waals surface area contributed by atoms with Crippen molar-refractivity contribution in [2.75, 3.05) is 21.3 Å². The van der Waals surface area contributed by atoms with Gasteiger partial charge in [-0.25, -0.2) is 48.4 Å². The van der Waals surface area contributed by atoms with E-state index in [-0.39, 0.29) is 32.2 Å². The normalized spacial score (nSPS) is 11.2. The Labute approximate surface area is 516 Å². The molecular weight excluding hydrogens is 1200 g/mol. The van der Waals surface area contributed by atoms with Crippen LogP contribution in [0, 0.1) is 11.6 Å². The van der Waals surface area contributed by atoms with Crippen LogP contribution in [0.15, 0.2) is 227 Å². The maximum Gasteiger partial charge on any atom is 0.335 e. The summed E-state index contributed by atoms with van der Waals surface area (Å²) in [5.74, 6) is -4.82. The number of sulfonamides is 3. The number of nitrogens with one attached hydrogen (secondary N) is 3. The van der Waals surface area contributed by atoms with E-state index in [4.69, 9.17) is 20.1 Å². The Bertz CT molecular complexity index is 4230. The molecule has 0 unspecified atom stereocenters. The van der Waals surface area contributed by atoms with Crippen LogP contribution in [0.3, 0.4) is 0 Å². The third-order valence-electron chi connectivity index (χ3n) is 14.0. The Morgan fingerprint density at radius 1 is 0.393 bits per heavy atom. The first-order chi connectivity index (χ1) is 42.5. The lowest BCUT2D eigenvalue weighted by molar-refractivity contribution is 0.0686. The van der Waals surface area contributed by atoms with E-state index in [9.17, 15) is 48.4 Å². The summed E-state index contributed by atoms with van der Waals surface area (Å²) in [6.07, 6.45) is 6.63. The zero-order valence-corrected chi connectivity index (χ0v) is 50.9. The molecule has 462 valence electrons. The zero-order valence-electron chi connectivity index (χ0n) is 48.5. The van der Waals surface area contributed by atoms with Crippen LogP contribution in [0.5, 0.6) is 5.75 Å². The van der Waals surface area contributed by atoms with Gasteiger partial charge in [-0.3, -0.25) is 14.2 Å². The Morgan fingerprint density at radius 3 is 1.10 bits per heavy atom. The third-order valence-corrected chi connectivity index (χ3v) is 18.2. The van der Waals surface area contributed by atoms with Gasteiger partial charge in [-0.15, -0.1) is 0 Å². The minimum Gasteiger partial charge on any atom is -0.497 e. The number of aryl methyl sites for hydroxylation is 7. The van der Waals surface area contributed by atoms with Crippen LogP contribution in [0.4, 0.5) is 25.8 Å². The van der Waals surface area contributed by atoms with Gasteiger partial charge in [0.1, 0.15) is 17.4 Å². The van der Waals surface area contributed by atoms with Crippen molar-refractivity contribution in [3.05, 3.63) is 280 Å². The van der Waals surface area contributed by atoms with Gasteiger partial charge in [-0.05, 0) is 181 Å². The van der Waals surface area contributed by atoms with E-state index in [1.165, 1.54) is 37.4 Å². The first-order valence-electron chi connectivity index (χ1n) is 28.0.